The van der Waals surface area contributed by atoms with Crippen molar-refractivity contribution in [2.24, 2.45) is 5.92 Å². The zero-order chi connectivity index (χ0) is 15.4. The van der Waals surface area contributed by atoms with Crippen molar-refractivity contribution in [3.63, 3.8) is 0 Å². The predicted octanol–water partition coefficient (Wildman–Crippen LogP) is 0.970. The fourth-order valence-corrected chi connectivity index (χ4v) is 4.62. The van der Waals surface area contributed by atoms with E-state index in [0.29, 0.717) is 30.6 Å². The Bertz CT molecular complexity index is 665. The molecular weight excluding hydrogens is 306 g/mol. The van der Waals surface area contributed by atoms with E-state index < -0.39 is 15.6 Å². The predicted molar refractivity (Wildman–Crippen MR) is 77.5 cm³/mol. The van der Waals surface area contributed by atoms with Crippen LogP contribution in [0.1, 0.15) is 56.2 Å². The molecule has 22 heavy (non-hydrogen) atoms. The van der Waals surface area contributed by atoms with Crippen molar-refractivity contribution in [3.05, 3.63) is 11.7 Å². The second-order valence-corrected chi connectivity index (χ2v) is 8.98. The quantitative estimate of drug-likeness (QED) is 0.836. The van der Waals surface area contributed by atoms with Gasteiger partial charge in [0, 0.05) is 18.9 Å². The van der Waals surface area contributed by atoms with Gasteiger partial charge in [-0.1, -0.05) is 18.0 Å². The smallest absolute Gasteiger partial charge is 0.260 e. The molecule has 1 saturated heterocycles. The fourth-order valence-electron chi connectivity index (χ4n) is 2.95. The molecule has 3 fully saturated rings. The van der Waals surface area contributed by atoms with Crippen molar-refractivity contribution in [2.75, 3.05) is 18.8 Å². The zero-order valence-corrected chi connectivity index (χ0v) is 13.3. The highest BCUT2D eigenvalue weighted by Crippen LogP contribution is 2.40. The number of sulfonamides is 1. The Morgan fingerprint density at radius 3 is 2.77 bits per heavy atom. The van der Waals surface area contributed by atoms with Crippen LogP contribution in [-0.4, -0.2) is 46.8 Å². The average molecular weight is 327 g/mol. The van der Waals surface area contributed by atoms with E-state index in [1.54, 1.807) is 0 Å². The minimum absolute atomic E-state index is 0.0201. The van der Waals surface area contributed by atoms with Gasteiger partial charge in [-0.3, -0.25) is 0 Å². The molecule has 7 nitrogen and oxygen atoms in total. The molecule has 1 aromatic heterocycles. The summed E-state index contributed by atoms with van der Waals surface area (Å²) in [6, 6.07) is 0. The van der Waals surface area contributed by atoms with Crippen molar-refractivity contribution in [3.8, 4) is 0 Å². The van der Waals surface area contributed by atoms with E-state index >= 15 is 0 Å². The monoisotopic (exact) mass is 327 g/mol. The van der Waals surface area contributed by atoms with Crippen LogP contribution in [0, 0.1) is 5.92 Å². The van der Waals surface area contributed by atoms with Gasteiger partial charge in [-0.05, 0) is 25.2 Å². The SMILES string of the molecule is O=S(=O)(CCC1CC1)N1CC[C@](O)(c2nc(C3CC3)no2)C1. The van der Waals surface area contributed by atoms with Crippen LogP contribution in [0.3, 0.4) is 0 Å². The Kier molecular flexibility index (Phi) is 3.32. The lowest BCUT2D eigenvalue weighted by Crippen LogP contribution is -2.36. The first-order valence-electron chi connectivity index (χ1n) is 8.01. The summed E-state index contributed by atoms with van der Waals surface area (Å²) in [5.74, 6) is 1.90. The Hall–Kier alpha value is -0.990. The number of β-amino-alcohol motifs (C(OH)–C–C–N with tert-alkyl or cyclic N) is 1. The third-order valence-corrected chi connectivity index (χ3v) is 6.72. The maximum absolute atomic E-state index is 12.4. The molecule has 0 spiro atoms. The lowest BCUT2D eigenvalue weighted by Gasteiger charge is -2.19. The Morgan fingerprint density at radius 2 is 2.09 bits per heavy atom. The molecule has 3 aliphatic rings. The standard InChI is InChI=1S/C14H21N3O4S/c18-14(13-15-12(16-21-13)11-3-4-11)6-7-17(9-14)22(19,20)8-5-10-1-2-10/h10-11,18H,1-9H2/t14-/m1/s1. The molecule has 4 rings (SSSR count). The van der Waals surface area contributed by atoms with E-state index in [1.807, 2.05) is 0 Å². The first kappa shape index (κ1) is 14.6. The molecule has 2 saturated carbocycles. The van der Waals surface area contributed by atoms with Crippen LogP contribution in [0.4, 0.5) is 0 Å². The van der Waals surface area contributed by atoms with Gasteiger partial charge in [-0.15, -0.1) is 0 Å². The molecule has 1 aliphatic heterocycles. The highest BCUT2D eigenvalue weighted by molar-refractivity contribution is 7.89. The maximum Gasteiger partial charge on any atom is 0.260 e. The summed E-state index contributed by atoms with van der Waals surface area (Å²) in [6.45, 7) is 0.330. The first-order valence-corrected chi connectivity index (χ1v) is 9.61. The van der Waals surface area contributed by atoms with Crippen LogP contribution in [0.2, 0.25) is 0 Å². The van der Waals surface area contributed by atoms with Gasteiger partial charge >= 0.3 is 0 Å². The number of rotatable bonds is 6. The zero-order valence-electron chi connectivity index (χ0n) is 12.4. The molecule has 2 aliphatic carbocycles. The summed E-state index contributed by atoms with van der Waals surface area (Å²) in [7, 11) is -3.31. The Morgan fingerprint density at radius 1 is 1.32 bits per heavy atom. The van der Waals surface area contributed by atoms with Crippen LogP contribution in [-0.2, 0) is 15.6 Å². The largest absolute Gasteiger partial charge is 0.379 e. The summed E-state index contributed by atoms with van der Waals surface area (Å²) < 4.78 is 31.3. The van der Waals surface area contributed by atoms with Crippen molar-refractivity contribution in [1.82, 2.24) is 14.4 Å². The second-order valence-electron chi connectivity index (χ2n) is 6.90. The third-order valence-electron chi connectivity index (χ3n) is 4.87. The van der Waals surface area contributed by atoms with E-state index in [1.165, 1.54) is 4.31 Å². The first-order chi connectivity index (χ1) is 10.5. The number of aromatic nitrogens is 2. The molecule has 0 unspecified atom stereocenters. The van der Waals surface area contributed by atoms with Gasteiger partial charge in [-0.25, -0.2) is 8.42 Å². The highest BCUT2D eigenvalue weighted by Gasteiger charge is 2.47. The van der Waals surface area contributed by atoms with Gasteiger partial charge in [0.25, 0.3) is 5.89 Å². The molecule has 2 heterocycles. The minimum Gasteiger partial charge on any atom is -0.379 e. The van der Waals surface area contributed by atoms with Crippen molar-refractivity contribution >= 4 is 10.0 Å². The van der Waals surface area contributed by atoms with E-state index in [2.05, 4.69) is 10.1 Å². The Labute approximate surface area is 129 Å². The molecule has 122 valence electrons. The van der Waals surface area contributed by atoms with E-state index in [-0.39, 0.29) is 18.2 Å². The van der Waals surface area contributed by atoms with Crippen LogP contribution in [0.5, 0.6) is 0 Å². The van der Waals surface area contributed by atoms with Gasteiger partial charge in [0.05, 0.1) is 12.3 Å². The average Bonchev–Trinajstić information content (AvgIpc) is 3.40. The topological polar surface area (TPSA) is 96.5 Å². The van der Waals surface area contributed by atoms with Gasteiger partial charge in [0.15, 0.2) is 11.4 Å². The number of hydrogen-bond donors (Lipinski definition) is 1. The highest BCUT2D eigenvalue weighted by atomic mass is 32.2. The number of aliphatic hydroxyl groups is 1. The number of hydrogen-bond acceptors (Lipinski definition) is 6. The molecule has 0 bridgehead atoms. The van der Waals surface area contributed by atoms with Crippen LogP contribution in [0.25, 0.3) is 0 Å². The van der Waals surface area contributed by atoms with Crippen LogP contribution in [0.15, 0.2) is 4.52 Å². The summed E-state index contributed by atoms with van der Waals surface area (Å²) in [4.78, 5) is 4.28. The second kappa shape index (κ2) is 5.01. The van der Waals surface area contributed by atoms with E-state index in [9.17, 15) is 13.5 Å². The summed E-state index contributed by atoms with van der Waals surface area (Å²) >= 11 is 0. The van der Waals surface area contributed by atoms with Crippen LogP contribution < -0.4 is 0 Å². The van der Waals surface area contributed by atoms with E-state index in [4.69, 9.17) is 4.52 Å². The summed E-state index contributed by atoms with van der Waals surface area (Å²) in [5, 5.41) is 14.6. The summed E-state index contributed by atoms with van der Waals surface area (Å²) in [5.41, 5.74) is -1.34. The molecule has 0 aromatic carbocycles. The van der Waals surface area contributed by atoms with Crippen LogP contribution >= 0.6 is 0 Å². The van der Waals surface area contributed by atoms with E-state index in [0.717, 1.165) is 32.1 Å². The fraction of sp³-hybridized carbons (Fsp3) is 0.857. The van der Waals surface area contributed by atoms with Gasteiger partial charge in [0.1, 0.15) is 0 Å². The molecule has 8 heteroatoms. The minimum atomic E-state index is -3.31. The number of nitrogens with zero attached hydrogens (tertiary/aromatic N) is 3. The molecule has 0 radical (unpaired) electrons. The summed E-state index contributed by atoms with van der Waals surface area (Å²) in [6.07, 6.45) is 5.43. The molecule has 1 atom stereocenters. The van der Waals surface area contributed by atoms with Crippen molar-refractivity contribution in [1.29, 1.82) is 0 Å². The molecule has 1 N–H and O–H groups in total. The lowest BCUT2D eigenvalue weighted by molar-refractivity contribution is 0.0194. The Balaban J connectivity index is 1.45. The lowest BCUT2D eigenvalue weighted by atomic mass is 10.0. The van der Waals surface area contributed by atoms with Crippen molar-refractivity contribution in [2.45, 2.75) is 50.0 Å². The van der Waals surface area contributed by atoms with Gasteiger partial charge in [-0.2, -0.15) is 9.29 Å². The van der Waals surface area contributed by atoms with Gasteiger partial charge < -0.3 is 9.63 Å². The molecule has 0 amide bonds. The molecule has 1 aromatic rings. The maximum atomic E-state index is 12.4. The third kappa shape index (κ3) is 2.79. The molecular formula is C14H21N3O4S. The normalized spacial score (nSPS) is 30.0. The van der Waals surface area contributed by atoms with Gasteiger partial charge in [0.2, 0.25) is 10.0 Å². The van der Waals surface area contributed by atoms with Crippen molar-refractivity contribution < 1.29 is 18.0 Å².